The third kappa shape index (κ3) is 6.13. The molecule has 5 aromatic rings. The first-order valence-corrected chi connectivity index (χ1v) is 17.2. The lowest BCUT2D eigenvalue weighted by Crippen LogP contribution is -2.22. The number of fused-ring (bicyclic) bond motifs is 2. The molecule has 2 aliphatic heterocycles. The predicted molar refractivity (Wildman–Crippen MR) is 193 cm³/mol. The predicted octanol–water partition coefficient (Wildman–Crippen LogP) is 8.29. The molecule has 0 spiro atoms. The van der Waals surface area contributed by atoms with E-state index in [0.29, 0.717) is 29.9 Å². The maximum absolute atomic E-state index is 11.4. The van der Waals surface area contributed by atoms with E-state index in [9.17, 15) is 30.6 Å². The second-order valence-electron chi connectivity index (χ2n) is 13.6. The Bertz CT molecular complexity index is 2170. The molecular weight excluding hydrogens is 660 g/mol. The highest BCUT2D eigenvalue weighted by Gasteiger charge is 2.49. The van der Waals surface area contributed by atoms with Crippen molar-refractivity contribution in [1.82, 2.24) is 0 Å². The number of hydrogen-bond acceptors (Lipinski definition) is 9. The van der Waals surface area contributed by atoms with E-state index >= 15 is 0 Å². The summed E-state index contributed by atoms with van der Waals surface area (Å²) in [5, 5.41) is 63.8. The van der Waals surface area contributed by atoms with Gasteiger partial charge < -0.3 is 44.8 Å². The molecular formula is C43H38O9. The van der Waals surface area contributed by atoms with Gasteiger partial charge in [0.1, 0.15) is 46.4 Å². The van der Waals surface area contributed by atoms with Gasteiger partial charge in [0.2, 0.25) is 0 Å². The number of aryl methyl sites for hydroxylation is 2. The standard InChI is InChI=1S/C43H38O9/c1-50-34-14-8-25(9-15-34)42-39(27-17-30(46)19-31(47)18-27)40-35(20-33(49)22-37(40)52-42)41-38-26(5-2-23-3-10-28(44)11-4-23)16-32(48)21-36(38)51-43(41)24-6-12-29(45)13-7-24/h3-4,6-21,37,39,41-49H,2,5,22H2,1H3/t37?,39-,41+,42+,43-/m1/s1. The lowest BCUT2D eigenvalue weighted by molar-refractivity contribution is 0.0408. The molecule has 9 nitrogen and oxygen atoms in total. The van der Waals surface area contributed by atoms with E-state index in [0.717, 1.165) is 39.0 Å². The highest BCUT2D eigenvalue weighted by molar-refractivity contribution is 5.61. The van der Waals surface area contributed by atoms with Crippen LogP contribution in [0.3, 0.4) is 0 Å². The van der Waals surface area contributed by atoms with Crippen molar-refractivity contribution in [3.8, 4) is 40.2 Å². The zero-order valence-corrected chi connectivity index (χ0v) is 28.3. The van der Waals surface area contributed by atoms with Crippen molar-refractivity contribution in [3.63, 3.8) is 0 Å². The molecule has 0 amide bonds. The van der Waals surface area contributed by atoms with Crippen LogP contribution in [0.5, 0.6) is 40.2 Å². The number of aromatic hydroxyl groups is 5. The molecule has 6 N–H and O–H groups in total. The Labute approximate surface area is 300 Å². The Morgan fingerprint density at radius 1 is 0.615 bits per heavy atom. The molecule has 1 unspecified atom stereocenters. The molecule has 264 valence electrons. The maximum Gasteiger partial charge on any atom is 0.135 e. The Kier molecular flexibility index (Phi) is 8.43. The van der Waals surface area contributed by atoms with Crippen molar-refractivity contribution in [1.29, 1.82) is 0 Å². The van der Waals surface area contributed by atoms with Gasteiger partial charge in [-0.3, -0.25) is 0 Å². The minimum Gasteiger partial charge on any atom is -0.512 e. The normalized spacial score (nSPS) is 22.0. The molecule has 8 rings (SSSR count). The number of ether oxygens (including phenoxy) is 3. The van der Waals surface area contributed by atoms with Crippen molar-refractivity contribution in [2.45, 2.75) is 49.4 Å². The topological polar surface area (TPSA) is 149 Å². The van der Waals surface area contributed by atoms with Crippen LogP contribution in [-0.2, 0) is 17.6 Å². The maximum atomic E-state index is 11.4. The van der Waals surface area contributed by atoms with E-state index in [1.165, 1.54) is 6.07 Å². The van der Waals surface area contributed by atoms with Crippen molar-refractivity contribution in [2.75, 3.05) is 7.11 Å². The van der Waals surface area contributed by atoms with E-state index in [-0.39, 0.29) is 40.9 Å². The van der Waals surface area contributed by atoms with Crippen LogP contribution in [0.25, 0.3) is 0 Å². The molecule has 0 aromatic heterocycles. The second kappa shape index (κ2) is 13.2. The minimum atomic E-state index is -0.617. The number of phenolic OH excluding ortho intramolecular Hbond substituents is 5. The monoisotopic (exact) mass is 698 g/mol. The van der Waals surface area contributed by atoms with Crippen LogP contribution in [0.1, 0.15) is 63.8 Å². The van der Waals surface area contributed by atoms with Crippen LogP contribution in [-0.4, -0.2) is 43.9 Å². The van der Waals surface area contributed by atoms with Crippen molar-refractivity contribution in [3.05, 3.63) is 159 Å². The van der Waals surface area contributed by atoms with Gasteiger partial charge in [-0.2, -0.15) is 0 Å². The third-order valence-corrected chi connectivity index (χ3v) is 10.3. The average molecular weight is 699 g/mol. The summed E-state index contributed by atoms with van der Waals surface area (Å²) in [6.45, 7) is 0. The fourth-order valence-corrected chi connectivity index (χ4v) is 8.08. The number of hydrogen-bond donors (Lipinski definition) is 6. The molecule has 1 saturated heterocycles. The molecule has 5 atom stereocenters. The number of methoxy groups -OCH3 is 1. The Balaban J connectivity index is 1.34. The van der Waals surface area contributed by atoms with E-state index in [1.54, 1.807) is 73.8 Å². The van der Waals surface area contributed by atoms with Gasteiger partial charge in [-0.15, -0.1) is 0 Å². The van der Waals surface area contributed by atoms with Crippen molar-refractivity contribution >= 4 is 0 Å². The van der Waals surface area contributed by atoms with Gasteiger partial charge in [-0.25, -0.2) is 0 Å². The Morgan fingerprint density at radius 2 is 1.23 bits per heavy atom. The van der Waals surface area contributed by atoms with Gasteiger partial charge in [-0.1, -0.05) is 36.4 Å². The third-order valence-electron chi connectivity index (χ3n) is 10.3. The van der Waals surface area contributed by atoms with Crippen molar-refractivity contribution < 1.29 is 44.8 Å². The molecule has 2 heterocycles. The molecule has 1 aliphatic carbocycles. The summed E-state index contributed by atoms with van der Waals surface area (Å²) in [4.78, 5) is 0. The summed E-state index contributed by atoms with van der Waals surface area (Å²) in [6, 6.07) is 29.3. The van der Waals surface area contributed by atoms with Crippen LogP contribution in [0.4, 0.5) is 0 Å². The molecule has 52 heavy (non-hydrogen) atoms. The van der Waals surface area contributed by atoms with Crippen LogP contribution < -0.4 is 9.47 Å². The minimum absolute atomic E-state index is 0.0546. The molecule has 1 fully saturated rings. The summed E-state index contributed by atoms with van der Waals surface area (Å²) in [5.74, 6) is 0.500. The van der Waals surface area contributed by atoms with Gasteiger partial charge >= 0.3 is 0 Å². The molecule has 0 radical (unpaired) electrons. The van der Waals surface area contributed by atoms with E-state index in [2.05, 4.69) is 0 Å². The fraction of sp³-hybridized carbons (Fsp3) is 0.209. The number of allylic oxidation sites excluding steroid dienone is 1. The second-order valence-corrected chi connectivity index (χ2v) is 13.6. The molecule has 0 saturated carbocycles. The van der Waals surface area contributed by atoms with Crippen LogP contribution in [0.15, 0.2) is 126 Å². The van der Waals surface area contributed by atoms with Gasteiger partial charge in [0, 0.05) is 30.0 Å². The number of aliphatic hydroxyl groups excluding tert-OH is 1. The molecule has 0 bridgehead atoms. The Morgan fingerprint density at radius 3 is 1.90 bits per heavy atom. The van der Waals surface area contributed by atoms with Crippen LogP contribution >= 0.6 is 0 Å². The van der Waals surface area contributed by atoms with Gasteiger partial charge in [0.05, 0.1) is 31.0 Å². The SMILES string of the molecule is COc1ccc([C@@H]2OC3CC(O)=CC([C@H]4c5c(CCc6ccc(O)cc6)cc(O)cc5O[C@@H]4c4ccc(O)cc4)=C3[C@H]2c2cc(O)cc(O)c2)cc1. The number of rotatable bonds is 8. The zero-order valence-electron chi connectivity index (χ0n) is 28.3. The first-order chi connectivity index (χ1) is 25.1. The fourth-order valence-electron chi connectivity index (χ4n) is 8.08. The van der Waals surface area contributed by atoms with Crippen LogP contribution in [0, 0.1) is 0 Å². The van der Waals surface area contributed by atoms with Gasteiger partial charge in [-0.05, 0) is 112 Å². The summed E-state index contributed by atoms with van der Waals surface area (Å²) < 4.78 is 19.0. The summed E-state index contributed by atoms with van der Waals surface area (Å²) in [6.07, 6.45) is 1.45. The van der Waals surface area contributed by atoms with Gasteiger partial charge in [0.25, 0.3) is 0 Å². The zero-order chi connectivity index (χ0) is 36.1. The summed E-state index contributed by atoms with van der Waals surface area (Å²) in [5.41, 5.74) is 6.64. The summed E-state index contributed by atoms with van der Waals surface area (Å²) >= 11 is 0. The highest BCUT2D eigenvalue weighted by Crippen LogP contribution is 2.60. The number of aliphatic hydroxyl groups is 1. The highest BCUT2D eigenvalue weighted by atomic mass is 16.5. The molecule has 5 aromatic carbocycles. The van der Waals surface area contributed by atoms with E-state index in [1.807, 2.05) is 36.4 Å². The van der Waals surface area contributed by atoms with Gasteiger partial charge in [0.15, 0.2) is 0 Å². The van der Waals surface area contributed by atoms with E-state index < -0.39 is 30.1 Å². The number of phenols is 5. The average Bonchev–Trinajstić information content (AvgIpc) is 3.70. The number of benzene rings is 5. The first-order valence-electron chi connectivity index (χ1n) is 17.2. The molecule has 3 aliphatic rings. The molecule has 9 heteroatoms. The van der Waals surface area contributed by atoms with E-state index in [4.69, 9.17) is 14.2 Å². The van der Waals surface area contributed by atoms with Crippen LogP contribution in [0.2, 0.25) is 0 Å². The lowest BCUT2D eigenvalue weighted by atomic mass is 9.72. The Hall–Kier alpha value is -6.06. The lowest BCUT2D eigenvalue weighted by Gasteiger charge is -2.30. The summed E-state index contributed by atoms with van der Waals surface area (Å²) in [7, 11) is 1.60. The smallest absolute Gasteiger partial charge is 0.135 e. The first kappa shape index (κ1) is 33.1. The largest absolute Gasteiger partial charge is 0.512 e. The quantitative estimate of drug-likeness (QED) is 0.0941. The van der Waals surface area contributed by atoms with Crippen molar-refractivity contribution in [2.24, 2.45) is 0 Å².